The van der Waals surface area contributed by atoms with Crippen LogP contribution >= 0.6 is 11.3 Å². The van der Waals surface area contributed by atoms with Crippen LogP contribution in [0, 0.1) is 16.7 Å². The van der Waals surface area contributed by atoms with Crippen molar-refractivity contribution in [3.8, 4) is 6.07 Å². The zero-order chi connectivity index (χ0) is 17.4. The van der Waals surface area contributed by atoms with Crippen molar-refractivity contribution in [2.45, 2.75) is 19.3 Å². The van der Waals surface area contributed by atoms with Gasteiger partial charge in [0.25, 0.3) is 0 Å². The molecule has 25 heavy (non-hydrogen) atoms. The van der Waals surface area contributed by atoms with Gasteiger partial charge in [-0.1, -0.05) is 49.4 Å². The maximum atomic E-state index is 13.4. The number of nitriles is 1. The largest absolute Gasteiger partial charge is 0.293 e. The molecule has 1 aromatic heterocycles. The SMILES string of the molecule is C[C@@]1(C(=O)c2cccs2)Cc2ccc(C#N)cc2[C@@H]1c1ccccc1. The third-order valence-corrected chi connectivity index (χ3v) is 6.05. The highest BCUT2D eigenvalue weighted by Crippen LogP contribution is 2.52. The van der Waals surface area contributed by atoms with Gasteiger partial charge in [0.2, 0.25) is 0 Å². The van der Waals surface area contributed by atoms with Gasteiger partial charge >= 0.3 is 0 Å². The van der Waals surface area contributed by atoms with Gasteiger partial charge in [-0.2, -0.15) is 5.26 Å². The molecule has 0 saturated carbocycles. The highest BCUT2D eigenvalue weighted by molar-refractivity contribution is 7.12. The van der Waals surface area contributed by atoms with Gasteiger partial charge in [0.15, 0.2) is 5.78 Å². The molecule has 0 fully saturated rings. The van der Waals surface area contributed by atoms with Crippen molar-refractivity contribution >= 4 is 17.1 Å². The van der Waals surface area contributed by atoms with Gasteiger partial charge in [0.05, 0.1) is 16.5 Å². The molecular weight excluding hydrogens is 326 g/mol. The summed E-state index contributed by atoms with van der Waals surface area (Å²) in [6.45, 7) is 2.07. The second-order valence-electron chi connectivity index (χ2n) is 6.77. The normalized spacial score (nSPS) is 21.5. The van der Waals surface area contributed by atoms with Crippen LogP contribution < -0.4 is 0 Å². The molecule has 2 atom stereocenters. The van der Waals surface area contributed by atoms with Gasteiger partial charge in [-0.05, 0) is 46.7 Å². The molecule has 122 valence electrons. The van der Waals surface area contributed by atoms with Crippen molar-refractivity contribution in [1.82, 2.24) is 0 Å². The fourth-order valence-corrected chi connectivity index (χ4v) is 4.83. The van der Waals surface area contributed by atoms with E-state index in [0.717, 1.165) is 16.0 Å². The summed E-state index contributed by atoms with van der Waals surface area (Å²) < 4.78 is 0. The summed E-state index contributed by atoms with van der Waals surface area (Å²) in [6.07, 6.45) is 0.699. The minimum atomic E-state index is -0.539. The molecule has 0 unspecified atom stereocenters. The summed E-state index contributed by atoms with van der Waals surface area (Å²) in [5.74, 6) is 0.151. The predicted molar refractivity (Wildman–Crippen MR) is 99.9 cm³/mol. The minimum Gasteiger partial charge on any atom is -0.293 e. The molecule has 4 rings (SSSR count). The fourth-order valence-electron chi connectivity index (χ4n) is 4.03. The summed E-state index contributed by atoms with van der Waals surface area (Å²) in [5, 5.41) is 11.2. The maximum absolute atomic E-state index is 13.4. The summed E-state index contributed by atoms with van der Waals surface area (Å²) in [5.41, 5.74) is 3.51. The number of hydrogen-bond donors (Lipinski definition) is 0. The van der Waals surface area contributed by atoms with Crippen LogP contribution in [0.2, 0.25) is 0 Å². The van der Waals surface area contributed by atoms with E-state index in [1.165, 1.54) is 16.9 Å². The van der Waals surface area contributed by atoms with Gasteiger partial charge < -0.3 is 0 Å². The Kier molecular flexibility index (Phi) is 3.78. The summed E-state index contributed by atoms with van der Waals surface area (Å²) in [7, 11) is 0. The van der Waals surface area contributed by atoms with Gasteiger partial charge in [0.1, 0.15) is 0 Å². The molecule has 0 aliphatic heterocycles. The van der Waals surface area contributed by atoms with Crippen molar-refractivity contribution in [2.24, 2.45) is 5.41 Å². The number of nitrogens with zero attached hydrogens (tertiary/aromatic N) is 1. The predicted octanol–water partition coefficient (Wildman–Crippen LogP) is 5.20. The van der Waals surface area contributed by atoms with E-state index in [1.807, 2.05) is 53.9 Å². The topological polar surface area (TPSA) is 40.9 Å². The van der Waals surface area contributed by atoms with Crippen molar-refractivity contribution in [3.63, 3.8) is 0 Å². The highest BCUT2D eigenvalue weighted by Gasteiger charge is 2.49. The number of thiophene rings is 1. The smallest absolute Gasteiger partial charge is 0.179 e. The van der Waals surface area contributed by atoms with Crippen LogP contribution in [0.15, 0.2) is 66.0 Å². The van der Waals surface area contributed by atoms with Crippen LogP contribution in [0.1, 0.15) is 44.8 Å². The third-order valence-electron chi connectivity index (χ3n) is 5.18. The third kappa shape index (κ3) is 2.50. The Morgan fingerprint density at radius 1 is 1.16 bits per heavy atom. The molecule has 0 spiro atoms. The monoisotopic (exact) mass is 343 g/mol. The van der Waals surface area contributed by atoms with E-state index in [9.17, 15) is 10.1 Å². The van der Waals surface area contributed by atoms with Crippen LogP contribution in [-0.2, 0) is 6.42 Å². The summed E-state index contributed by atoms with van der Waals surface area (Å²) in [4.78, 5) is 14.2. The molecule has 0 radical (unpaired) electrons. The van der Waals surface area contributed by atoms with Crippen LogP contribution in [0.4, 0.5) is 0 Å². The Balaban J connectivity index is 1.90. The number of rotatable bonds is 3. The first kappa shape index (κ1) is 15.8. The molecule has 1 heterocycles. The number of carbonyl (C=O) groups excluding carboxylic acids is 1. The molecule has 0 saturated heterocycles. The zero-order valence-electron chi connectivity index (χ0n) is 13.9. The minimum absolute atomic E-state index is 0.0356. The Hall–Kier alpha value is -2.70. The van der Waals surface area contributed by atoms with Crippen molar-refractivity contribution in [3.05, 3.63) is 93.2 Å². The standard InChI is InChI=1S/C22H17NOS/c1-22(21(24)19-8-5-11-25-19)13-17-10-9-15(14-23)12-18(17)20(22)16-6-3-2-4-7-16/h2-12,20H,13H2,1H3/t20-,22+/m0/s1. The average molecular weight is 343 g/mol. The summed E-state index contributed by atoms with van der Waals surface area (Å²) in [6, 6.07) is 22.1. The lowest BCUT2D eigenvalue weighted by Crippen LogP contribution is -2.32. The molecular formula is C22H17NOS. The number of benzene rings is 2. The van der Waals surface area contributed by atoms with Gasteiger partial charge in [-0.15, -0.1) is 11.3 Å². The fraction of sp³-hybridized carbons (Fsp3) is 0.182. The first-order valence-electron chi connectivity index (χ1n) is 8.29. The van der Waals surface area contributed by atoms with Gasteiger partial charge in [-0.3, -0.25) is 4.79 Å². The molecule has 2 nitrogen and oxygen atoms in total. The van der Waals surface area contributed by atoms with Crippen LogP contribution in [0.25, 0.3) is 0 Å². The number of hydrogen-bond acceptors (Lipinski definition) is 3. The van der Waals surface area contributed by atoms with Gasteiger partial charge in [-0.25, -0.2) is 0 Å². The Morgan fingerprint density at radius 2 is 1.96 bits per heavy atom. The molecule has 0 N–H and O–H groups in total. The van der Waals surface area contributed by atoms with E-state index in [1.54, 1.807) is 0 Å². The summed E-state index contributed by atoms with van der Waals surface area (Å²) >= 11 is 1.50. The first-order chi connectivity index (χ1) is 12.1. The molecule has 0 amide bonds. The molecule has 2 aromatic carbocycles. The van der Waals surface area contributed by atoms with Crippen molar-refractivity contribution < 1.29 is 4.79 Å². The Morgan fingerprint density at radius 3 is 2.64 bits per heavy atom. The molecule has 1 aliphatic rings. The molecule has 3 aromatic rings. The molecule has 0 bridgehead atoms. The van der Waals surface area contributed by atoms with E-state index in [0.29, 0.717) is 12.0 Å². The van der Waals surface area contributed by atoms with Crippen molar-refractivity contribution in [2.75, 3.05) is 0 Å². The lowest BCUT2D eigenvalue weighted by atomic mass is 9.71. The maximum Gasteiger partial charge on any atom is 0.179 e. The van der Waals surface area contributed by atoms with Crippen LogP contribution in [0.5, 0.6) is 0 Å². The Labute approximate surface area is 151 Å². The zero-order valence-corrected chi connectivity index (χ0v) is 14.7. The van der Waals surface area contributed by atoms with E-state index in [2.05, 4.69) is 25.1 Å². The van der Waals surface area contributed by atoms with E-state index < -0.39 is 5.41 Å². The lowest BCUT2D eigenvalue weighted by Gasteiger charge is -2.30. The number of Topliss-reactive ketones (excluding diaryl/α,β-unsaturated/α-hetero) is 1. The van der Waals surface area contributed by atoms with E-state index in [-0.39, 0.29) is 11.7 Å². The van der Waals surface area contributed by atoms with E-state index >= 15 is 0 Å². The molecule has 3 heteroatoms. The second-order valence-corrected chi connectivity index (χ2v) is 7.72. The highest BCUT2D eigenvalue weighted by atomic mass is 32.1. The number of carbonyl (C=O) groups is 1. The first-order valence-corrected chi connectivity index (χ1v) is 9.17. The lowest BCUT2D eigenvalue weighted by molar-refractivity contribution is 0.0811. The second kappa shape index (κ2) is 5.98. The van der Waals surface area contributed by atoms with E-state index in [4.69, 9.17) is 0 Å². The average Bonchev–Trinajstić information content (AvgIpc) is 3.27. The number of ketones is 1. The van der Waals surface area contributed by atoms with Crippen LogP contribution in [-0.4, -0.2) is 5.78 Å². The number of fused-ring (bicyclic) bond motifs is 1. The Bertz CT molecular complexity index is 969. The van der Waals surface area contributed by atoms with Crippen LogP contribution in [0.3, 0.4) is 0 Å². The van der Waals surface area contributed by atoms with Gasteiger partial charge in [0, 0.05) is 11.3 Å². The van der Waals surface area contributed by atoms with Crippen molar-refractivity contribution in [1.29, 1.82) is 5.26 Å². The molecule has 1 aliphatic carbocycles. The quantitative estimate of drug-likeness (QED) is 0.614.